The van der Waals surface area contributed by atoms with Gasteiger partial charge in [-0.3, -0.25) is 0 Å². The van der Waals surface area contributed by atoms with Crippen LogP contribution in [0, 0.1) is 0 Å². The van der Waals surface area contributed by atoms with Gasteiger partial charge >= 0.3 is 0 Å². The lowest BCUT2D eigenvalue weighted by molar-refractivity contribution is 0.249. The number of hydrogen-bond donors (Lipinski definition) is 2. The molecule has 3 rings (SSSR count). The highest BCUT2D eigenvalue weighted by Crippen LogP contribution is 2.32. The topological polar surface area (TPSA) is 78.5 Å². The smallest absolute Gasteiger partial charge is 0.169 e. The molecule has 0 unspecified atom stereocenters. The number of nitrogens with zero attached hydrogens (tertiary/aromatic N) is 4. The highest BCUT2D eigenvalue weighted by molar-refractivity contribution is 5.74. The van der Waals surface area contributed by atoms with Crippen LogP contribution in [0.5, 0.6) is 5.75 Å². The van der Waals surface area contributed by atoms with E-state index in [0.29, 0.717) is 23.1 Å². The van der Waals surface area contributed by atoms with Crippen molar-refractivity contribution in [2.75, 3.05) is 37.8 Å². The predicted octanol–water partition coefficient (Wildman–Crippen LogP) is 1.96. The van der Waals surface area contributed by atoms with Crippen LogP contribution in [-0.2, 0) is 0 Å². The van der Waals surface area contributed by atoms with Crippen molar-refractivity contribution < 1.29 is 5.11 Å². The van der Waals surface area contributed by atoms with Gasteiger partial charge in [0.15, 0.2) is 5.82 Å². The Labute approximate surface area is 136 Å². The van der Waals surface area contributed by atoms with Gasteiger partial charge in [-0.1, -0.05) is 12.1 Å². The molecule has 3 N–H and O–H groups in total. The lowest BCUT2D eigenvalue weighted by atomic mass is 10.0. The first-order valence-electron chi connectivity index (χ1n) is 7.89. The minimum atomic E-state index is 0.198. The summed E-state index contributed by atoms with van der Waals surface area (Å²) >= 11 is 0. The molecule has 2 aromatic rings. The molecule has 1 saturated heterocycles. The quantitative estimate of drug-likeness (QED) is 0.902. The molecule has 1 aliphatic heterocycles. The number of para-hydroxylation sites is 1. The zero-order valence-corrected chi connectivity index (χ0v) is 13.6. The van der Waals surface area contributed by atoms with E-state index < -0.39 is 0 Å². The van der Waals surface area contributed by atoms with Crippen molar-refractivity contribution in [1.82, 2.24) is 15.1 Å². The molecule has 23 heavy (non-hydrogen) atoms. The SMILES string of the molecule is CN(C)C1CCN(c2cc(-c3ccccc3O)nnc2N)CC1. The first-order chi connectivity index (χ1) is 11.1. The van der Waals surface area contributed by atoms with Crippen LogP contribution in [0.4, 0.5) is 11.5 Å². The van der Waals surface area contributed by atoms with Crippen LogP contribution < -0.4 is 10.6 Å². The second-order valence-electron chi connectivity index (χ2n) is 6.20. The minimum absolute atomic E-state index is 0.198. The van der Waals surface area contributed by atoms with Crippen molar-refractivity contribution in [1.29, 1.82) is 0 Å². The average molecular weight is 313 g/mol. The van der Waals surface area contributed by atoms with E-state index in [-0.39, 0.29) is 5.75 Å². The molecule has 6 heteroatoms. The molecule has 0 radical (unpaired) electrons. The second kappa shape index (κ2) is 6.42. The first-order valence-corrected chi connectivity index (χ1v) is 7.89. The fraction of sp³-hybridized carbons (Fsp3) is 0.412. The summed E-state index contributed by atoms with van der Waals surface area (Å²) in [6, 6.07) is 9.67. The minimum Gasteiger partial charge on any atom is -0.507 e. The molecule has 0 atom stereocenters. The van der Waals surface area contributed by atoms with Crippen molar-refractivity contribution in [2.24, 2.45) is 0 Å². The van der Waals surface area contributed by atoms with Crippen LogP contribution in [0.2, 0.25) is 0 Å². The molecule has 0 amide bonds. The molecular formula is C17H23N5O. The van der Waals surface area contributed by atoms with Crippen molar-refractivity contribution in [3.63, 3.8) is 0 Å². The van der Waals surface area contributed by atoms with E-state index >= 15 is 0 Å². The van der Waals surface area contributed by atoms with Gasteiger partial charge in [-0.15, -0.1) is 10.2 Å². The van der Waals surface area contributed by atoms with E-state index in [4.69, 9.17) is 5.73 Å². The molecule has 1 aromatic carbocycles. The number of aromatic hydroxyl groups is 1. The number of piperidine rings is 1. The summed E-state index contributed by atoms with van der Waals surface area (Å²) in [5, 5.41) is 18.2. The Morgan fingerprint density at radius 1 is 1.17 bits per heavy atom. The van der Waals surface area contributed by atoms with Gasteiger partial charge in [0.2, 0.25) is 0 Å². The number of nitrogen functional groups attached to an aromatic ring is 1. The maximum atomic E-state index is 10.0. The summed E-state index contributed by atoms with van der Waals surface area (Å²) in [7, 11) is 4.25. The highest BCUT2D eigenvalue weighted by atomic mass is 16.3. The monoisotopic (exact) mass is 313 g/mol. The van der Waals surface area contributed by atoms with Gasteiger partial charge < -0.3 is 20.6 Å². The summed E-state index contributed by atoms with van der Waals surface area (Å²) in [5.74, 6) is 0.635. The highest BCUT2D eigenvalue weighted by Gasteiger charge is 2.23. The third kappa shape index (κ3) is 3.22. The molecule has 0 saturated carbocycles. The number of anilines is 2. The standard InChI is InChI=1S/C17H23N5O/c1-21(2)12-7-9-22(10-8-12)15-11-14(19-20-17(15)18)13-5-3-4-6-16(13)23/h3-6,11-12,23H,7-10H2,1-2H3,(H2,18,20). The van der Waals surface area contributed by atoms with Crippen molar-refractivity contribution in [2.45, 2.75) is 18.9 Å². The molecule has 0 spiro atoms. The summed E-state index contributed by atoms with van der Waals surface area (Å²) < 4.78 is 0. The van der Waals surface area contributed by atoms with E-state index in [1.807, 2.05) is 18.2 Å². The predicted molar refractivity (Wildman–Crippen MR) is 92.5 cm³/mol. The second-order valence-corrected chi connectivity index (χ2v) is 6.20. The van der Waals surface area contributed by atoms with Crippen LogP contribution >= 0.6 is 0 Å². The van der Waals surface area contributed by atoms with Crippen LogP contribution in [0.3, 0.4) is 0 Å². The number of benzene rings is 1. The fourth-order valence-corrected chi connectivity index (χ4v) is 3.09. The van der Waals surface area contributed by atoms with E-state index in [2.05, 4.69) is 34.1 Å². The van der Waals surface area contributed by atoms with Crippen LogP contribution in [0.1, 0.15) is 12.8 Å². The van der Waals surface area contributed by atoms with Crippen molar-refractivity contribution >= 4 is 11.5 Å². The van der Waals surface area contributed by atoms with Crippen LogP contribution in [0.25, 0.3) is 11.3 Å². The van der Waals surface area contributed by atoms with Gasteiger partial charge in [0.1, 0.15) is 5.75 Å². The number of hydrogen-bond acceptors (Lipinski definition) is 6. The average Bonchev–Trinajstić information content (AvgIpc) is 2.56. The molecule has 122 valence electrons. The molecule has 1 aromatic heterocycles. The number of phenolic OH excluding ortho intramolecular Hbond substituents is 1. The van der Waals surface area contributed by atoms with Crippen LogP contribution in [0.15, 0.2) is 30.3 Å². The molecule has 2 heterocycles. The number of aromatic nitrogens is 2. The Morgan fingerprint density at radius 3 is 2.52 bits per heavy atom. The normalized spacial score (nSPS) is 16.0. The van der Waals surface area contributed by atoms with E-state index in [0.717, 1.165) is 31.6 Å². The molecule has 1 aliphatic rings. The largest absolute Gasteiger partial charge is 0.507 e. The van der Waals surface area contributed by atoms with E-state index in [1.54, 1.807) is 12.1 Å². The lowest BCUT2D eigenvalue weighted by Gasteiger charge is -2.36. The number of phenols is 1. The molecular weight excluding hydrogens is 290 g/mol. The Hall–Kier alpha value is -2.34. The number of rotatable bonds is 3. The molecule has 6 nitrogen and oxygen atoms in total. The summed E-state index contributed by atoms with van der Waals surface area (Å²) in [6.45, 7) is 1.89. The maximum absolute atomic E-state index is 10.0. The Bertz CT molecular complexity index is 680. The van der Waals surface area contributed by atoms with E-state index in [1.165, 1.54) is 0 Å². The summed E-state index contributed by atoms with van der Waals surface area (Å²) in [4.78, 5) is 4.53. The zero-order valence-electron chi connectivity index (χ0n) is 13.6. The van der Waals surface area contributed by atoms with Gasteiger partial charge in [0, 0.05) is 24.7 Å². The van der Waals surface area contributed by atoms with E-state index in [9.17, 15) is 5.11 Å². The number of nitrogens with two attached hydrogens (primary N) is 1. The molecule has 1 fully saturated rings. The van der Waals surface area contributed by atoms with Gasteiger partial charge in [0.25, 0.3) is 0 Å². The summed E-state index contributed by atoms with van der Waals surface area (Å²) in [6.07, 6.45) is 2.20. The first kappa shape index (κ1) is 15.6. The van der Waals surface area contributed by atoms with Crippen LogP contribution in [-0.4, -0.2) is 53.4 Å². The fourth-order valence-electron chi connectivity index (χ4n) is 3.09. The van der Waals surface area contributed by atoms with Gasteiger partial charge in [-0.05, 0) is 45.1 Å². The maximum Gasteiger partial charge on any atom is 0.169 e. The third-order valence-corrected chi connectivity index (χ3v) is 4.52. The molecule has 0 aliphatic carbocycles. The van der Waals surface area contributed by atoms with Gasteiger partial charge in [-0.2, -0.15) is 0 Å². The van der Waals surface area contributed by atoms with Gasteiger partial charge in [-0.25, -0.2) is 0 Å². The lowest BCUT2D eigenvalue weighted by Crippen LogP contribution is -2.42. The third-order valence-electron chi connectivity index (χ3n) is 4.52. The van der Waals surface area contributed by atoms with Gasteiger partial charge in [0.05, 0.1) is 11.4 Å². The van der Waals surface area contributed by atoms with Crippen molar-refractivity contribution in [3.8, 4) is 17.0 Å². The zero-order chi connectivity index (χ0) is 16.4. The Morgan fingerprint density at radius 2 is 1.87 bits per heavy atom. The van der Waals surface area contributed by atoms with Crippen molar-refractivity contribution in [3.05, 3.63) is 30.3 Å². The summed E-state index contributed by atoms with van der Waals surface area (Å²) in [5.41, 5.74) is 8.25. The Balaban J connectivity index is 1.86. The Kier molecular flexibility index (Phi) is 4.34. The molecule has 0 bridgehead atoms.